The Bertz CT molecular complexity index is 1120. The molecule has 0 aliphatic carbocycles. The number of aryl methyl sites for hydroxylation is 1. The van der Waals surface area contributed by atoms with Gasteiger partial charge in [0.2, 0.25) is 5.91 Å². The molecular weight excluding hydrogens is 426 g/mol. The van der Waals surface area contributed by atoms with Gasteiger partial charge in [0.05, 0.1) is 11.1 Å². The number of halogens is 1. The summed E-state index contributed by atoms with van der Waals surface area (Å²) in [5, 5.41) is 2.80. The number of nitrogens with zero attached hydrogens (tertiary/aromatic N) is 2. The molecular formula is C20H16BrN3O4. The van der Waals surface area contributed by atoms with E-state index >= 15 is 0 Å². The largest absolute Gasteiger partial charge is 0.441 e. The third-order valence-corrected chi connectivity index (χ3v) is 4.99. The van der Waals surface area contributed by atoms with E-state index in [1.165, 1.54) is 4.90 Å². The first-order valence-electron chi connectivity index (χ1n) is 8.75. The molecule has 2 heterocycles. The van der Waals surface area contributed by atoms with Gasteiger partial charge in [-0.3, -0.25) is 19.3 Å². The van der Waals surface area contributed by atoms with E-state index < -0.39 is 0 Å². The van der Waals surface area contributed by atoms with Gasteiger partial charge in [0.25, 0.3) is 11.8 Å². The van der Waals surface area contributed by atoms with Gasteiger partial charge in [-0.05, 0) is 42.8 Å². The van der Waals surface area contributed by atoms with Crippen molar-refractivity contribution in [2.75, 3.05) is 11.9 Å². The summed E-state index contributed by atoms with van der Waals surface area (Å²) in [6.45, 7) is 1.95. The minimum absolute atomic E-state index is 0.187. The molecule has 0 radical (unpaired) electrons. The number of anilines is 1. The quantitative estimate of drug-likeness (QED) is 0.605. The molecule has 1 N–H and O–H groups in total. The van der Waals surface area contributed by atoms with E-state index in [0.717, 1.165) is 4.47 Å². The van der Waals surface area contributed by atoms with Crippen molar-refractivity contribution in [3.63, 3.8) is 0 Å². The van der Waals surface area contributed by atoms with Crippen molar-refractivity contribution >= 4 is 50.4 Å². The van der Waals surface area contributed by atoms with Crippen LogP contribution in [0.15, 0.2) is 45.3 Å². The standard InChI is InChI=1S/C20H16BrN3O4/c1-11-22-16-10-13(5-7-17(16)28-11)23-18(25)3-2-8-24-19(26)14-6-4-12(21)9-15(14)20(24)27/h4-7,9-10H,2-3,8H2,1H3,(H,23,25). The highest BCUT2D eigenvalue weighted by molar-refractivity contribution is 9.10. The van der Waals surface area contributed by atoms with Crippen LogP contribution >= 0.6 is 15.9 Å². The second kappa shape index (κ2) is 7.20. The van der Waals surface area contributed by atoms with Crippen LogP contribution < -0.4 is 5.32 Å². The number of oxazole rings is 1. The summed E-state index contributed by atoms with van der Waals surface area (Å²) >= 11 is 3.31. The minimum Gasteiger partial charge on any atom is -0.441 e. The summed E-state index contributed by atoms with van der Waals surface area (Å²) < 4.78 is 6.15. The second-order valence-electron chi connectivity index (χ2n) is 6.52. The lowest BCUT2D eigenvalue weighted by molar-refractivity contribution is -0.116. The van der Waals surface area contributed by atoms with Crippen molar-refractivity contribution in [2.45, 2.75) is 19.8 Å². The van der Waals surface area contributed by atoms with Gasteiger partial charge in [-0.2, -0.15) is 0 Å². The van der Waals surface area contributed by atoms with Crippen LogP contribution in [0.4, 0.5) is 5.69 Å². The molecule has 0 spiro atoms. The van der Waals surface area contributed by atoms with Crippen LogP contribution in [-0.4, -0.2) is 34.2 Å². The summed E-state index contributed by atoms with van der Waals surface area (Å²) in [5.41, 5.74) is 2.74. The molecule has 8 heteroatoms. The predicted molar refractivity (Wildman–Crippen MR) is 106 cm³/mol. The number of hydrogen-bond acceptors (Lipinski definition) is 5. The van der Waals surface area contributed by atoms with Crippen LogP contribution in [-0.2, 0) is 4.79 Å². The number of amides is 3. The van der Waals surface area contributed by atoms with Crippen molar-refractivity contribution in [1.82, 2.24) is 9.88 Å². The lowest BCUT2D eigenvalue weighted by atomic mass is 10.1. The zero-order chi connectivity index (χ0) is 19.8. The first-order chi connectivity index (χ1) is 13.4. The van der Waals surface area contributed by atoms with Crippen molar-refractivity contribution in [2.24, 2.45) is 0 Å². The summed E-state index contributed by atoms with van der Waals surface area (Å²) in [5.74, 6) is -0.279. The minimum atomic E-state index is -0.325. The smallest absolute Gasteiger partial charge is 0.261 e. The highest BCUT2D eigenvalue weighted by atomic mass is 79.9. The maximum atomic E-state index is 12.4. The molecule has 28 heavy (non-hydrogen) atoms. The Labute approximate surface area is 168 Å². The molecule has 2 aromatic carbocycles. The molecule has 0 saturated heterocycles. The molecule has 0 unspecified atom stereocenters. The maximum Gasteiger partial charge on any atom is 0.261 e. The zero-order valence-corrected chi connectivity index (χ0v) is 16.6. The van der Waals surface area contributed by atoms with Crippen molar-refractivity contribution in [3.8, 4) is 0 Å². The number of rotatable bonds is 5. The van der Waals surface area contributed by atoms with Crippen LogP contribution in [0, 0.1) is 6.92 Å². The van der Waals surface area contributed by atoms with E-state index in [9.17, 15) is 14.4 Å². The molecule has 3 amide bonds. The number of carbonyl (C=O) groups is 3. The van der Waals surface area contributed by atoms with Gasteiger partial charge in [0, 0.05) is 30.0 Å². The van der Waals surface area contributed by atoms with Crippen LogP contribution in [0.3, 0.4) is 0 Å². The Morgan fingerprint density at radius 1 is 1.14 bits per heavy atom. The van der Waals surface area contributed by atoms with E-state index in [0.29, 0.717) is 40.2 Å². The molecule has 1 aromatic heterocycles. The van der Waals surface area contributed by atoms with Crippen molar-refractivity contribution in [3.05, 3.63) is 57.9 Å². The molecule has 3 aromatic rings. The number of fused-ring (bicyclic) bond motifs is 2. The van der Waals surface area contributed by atoms with Gasteiger partial charge in [-0.25, -0.2) is 4.98 Å². The number of imide groups is 1. The average molecular weight is 442 g/mol. The summed E-state index contributed by atoms with van der Waals surface area (Å²) in [7, 11) is 0. The molecule has 4 rings (SSSR count). The van der Waals surface area contributed by atoms with E-state index in [1.54, 1.807) is 43.3 Å². The Hall–Kier alpha value is -3.00. The first kappa shape index (κ1) is 18.4. The molecule has 142 valence electrons. The fourth-order valence-corrected chi connectivity index (χ4v) is 3.57. The summed E-state index contributed by atoms with van der Waals surface area (Å²) in [4.78, 5) is 42.4. The monoisotopic (exact) mass is 441 g/mol. The van der Waals surface area contributed by atoms with Crippen LogP contribution in [0.5, 0.6) is 0 Å². The number of benzene rings is 2. The van der Waals surface area contributed by atoms with Gasteiger partial charge in [0.1, 0.15) is 5.52 Å². The Kier molecular flexibility index (Phi) is 4.72. The zero-order valence-electron chi connectivity index (χ0n) is 15.0. The van der Waals surface area contributed by atoms with E-state index in [-0.39, 0.29) is 30.7 Å². The molecule has 7 nitrogen and oxygen atoms in total. The van der Waals surface area contributed by atoms with E-state index in [1.807, 2.05) is 0 Å². The highest BCUT2D eigenvalue weighted by Crippen LogP contribution is 2.26. The van der Waals surface area contributed by atoms with Gasteiger partial charge < -0.3 is 9.73 Å². The lowest BCUT2D eigenvalue weighted by Crippen LogP contribution is -2.31. The third-order valence-electron chi connectivity index (χ3n) is 4.50. The SMILES string of the molecule is Cc1nc2cc(NC(=O)CCCN3C(=O)c4ccc(Br)cc4C3=O)ccc2o1. The number of carbonyl (C=O) groups excluding carboxylic acids is 3. The van der Waals surface area contributed by atoms with E-state index in [2.05, 4.69) is 26.2 Å². The van der Waals surface area contributed by atoms with Gasteiger partial charge in [0.15, 0.2) is 11.5 Å². The topological polar surface area (TPSA) is 92.5 Å². The molecule has 0 saturated carbocycles. The summed E-state index contributed by atoms with van der Waals surface area (Å²) in [6.07, 6.45) is 0.566. The van der Waals surface area contributed by atoms with Gasteiger partial charge >= 0.3 is 0 Å². The fraction of sp³-hybridized carbons (Fsp3) is 0.200. The van der Waals surface area contributed by atoms with Crippen LogP contribution in [0.2, 0.25) is 0 Å². The number of nitrogens with one attached hydrogen (secondary N) is 1. The van der Waals surface area contributed by atoms with Gasteiger partial charge in [-0.1, -0.05) is 15.9 Å². The Balaban J connectivity index is 1.34. The molecule has 0 atom stereocenters. The third kappa shape index (κ3) is 3.43. The highest BCUT2D eigenvalue weighted by Gasteiger charge is 2.35. The molecule has 0 fully saturated rings. The molecule has 1 aliphatic rings. The van der Waals surface area contributed by atoms with Gasteiger partial charge in [-0.15, -0.1) is 0 Å². The van der Waals surface area contributed by atoms with Crippen LogP contribution in [0.1, 0.15) is 39.4 Å². The predicted octanol–water partition coefficient (Wildman–Crippen LogP) is 3.91. The summed E-state index contributed by atoms with van der Waals surface area (Å²) in [6, 6.07) is 10.2. The van der Waals surface area contributed by atoms with Crippen LogP contribution in [0.25, 0.3) is 11.1 Å². The average Bonchev–Trinajstić information content (AvgIpc) is 3.13. The Morgan fingerprint density at radius 3 is 2.75 bits per heavy atom. The van der Waals surface area contributed by atoms with Crippen molar-refractivity contribution < 1.29 is 18.8 Å². The number of aromatic nitrogens is 1. The number of hydrogen-bond donors (Lipinski definition) is 1. The second-order valence-corrected chi connectivity index (χ2v) is 7.43. The normalized spacial score (nSPS) is 13.3. The lowest BCUT2D eigenvalue weighted by Gasteiger charge is -2.13. The maximum absolute atomic E-state index is 12.4. The Morgan fingerprint density at radius 2 is 1.93 bits per heavy atom. The fourth-order valence-electron chi connectivity index (χ4n) is 3.21. The van der Waals surface area contributed by atoms with E-state index in [4.69, 9.17) is 4.42 Å². The molecule has 1 aliphatic heterocycles. The molecule has 0 bridgehead atoms. The first-order valence-corrected chi connectivity index (χ1v) is 9.54. The van der Waals surface area contributed by atoms with Crippen molar-refractivity contribution in [1.29, 1.82) is 0 Å².